The van der Waals surface area contributed by atoms with Gasteiger partial charge in [0.15, 0.2) is 0 Å². The van der Waals surface area contributed by atoms with Crippen LogP contribution < -0.4 is 10.6 Å². The summed E-state index contributed by atoms with van der Waals surface area (Å²) in [5, 5.41) is 6.74. The van der Waals surface area contributed by atoms with Crippen LogP contribution in [-0.4, -0.2) is 95.5 Å². The molecule has 1 spiro atoms. The predicted octanol–water partition coefficient (Wildman–Crippen LogP) is 4.09. The Morgan fingerprint density at radius 3 is 2.43 bits per heavy atom. The van der Waals surface area contributed by atoms with Gasteiger partial charge in [0.25, 0.3) is 0 Å². The summed E-state index contributed by atoms with van der Waals surface area (Å²) in [5.74, 6) is -2.12. The first-order valence-electron chi connectivity index (χ1n) is 16.9. The lowest BCUT2D eigenvalue weighted by atomic mass is 9.74. The minimum Gasteiger partial charge on any atom is -0.359 e. The molecule has 46 heavy (non-hydrogen) atoms. The highest BCUT2D eigenvalue weighted by molar-refractivity contribution is 6.30. The Morgan fingerprint density at radius 1 is 0.913 bits per heavy atom. The Hall–Kier alpha value is -3.24. The number of carbonyl (C=O) groups is 3. The molecule has 3 saturated heterocycles. The van der Waals surface area contributed by atoms with Crippen molar-refractivity contribution in [2.75, 3.05) is 44.6 Å². The van der Waals surface area contributed by atoms with Crippen molar-refractivity contribution < 1.29 is 19.1 Å². The Bertz CT molecular complexity index is 1460. The fourth-order valence-electron chi connectivity index (χ4n) is 8.30. The maximum Gasteiger partial charge on any atom is 0.246 e. The summed E-state index contributed by atoms with van der Waals surface area (Å²) >= 11 is 6.16. The van der Waals surface area contributed by atoms with E-state index in [1.807, 2.05) is 18.2 Å². The molecule has 244 valence electrons. The first-order valence-corrected chi connectivity index (χ1v) is 17.3. The second kappa shape index (κ2) is 13.5. The molecule has 0 radical (unpaired) electrons. The van der Waals surface area contributed by atoms with Gasteiger partial charge in [0, 0.05) is 56.0 Å². The zero-order valence-corrected chi connectivity index (χ0v) is 27.0. The molecule has 1 aliphatic carbocycles. The highest BCUT2D eigenvalue weighted by Gasteiger charge is 2.72. The van der Waals surface area contributed by atoms with Gasteiger partial charge in [-0.05, 0) is 49.6 Å². The van der Waals surface area contributed by atoms with Crippen LogP contribution in [0.5, 0.6) is 0 Å². The van der Waals surface area contributed by atoms with Gasteiger partial charge in [0.05, 0.1) is 17.9 Å². The average molecular weight is 646 g/mol. The van der Waals surface area contributed by atoms with E-state index in [0.717, 1.165) is 71.4 Å². The number of anilines is 1. The number of fused-ring (bicyclic) bond motifs is 1. The van der Waals surface area contributed by atoms with Crippen LogP contribution >= 0.6 is 11.6 Å². The molecule has 4 heterocycles. The molecular weight excluding hydrogens is 602 g/mol. The van der Waals surface area contributed by atoms with E-state index < -0.39 is 29.6 Å². The minimum atomic E-state index is -1.15. The van der Waals surface area contributed by atoms with E-state index in [0.29, 0.717) is 17.3 Å². The van der Waals surface area contributed by atoms with Gasteiger partial charge < -0.3 is 25.2 Å². The number of hydrogen-bond donors (Lipinski definition) is 2. The number of benzene rings is 2. The second-order valence-corrected chi connectivity index (χ2v) is 14.0. The molecule has 1 saturated carbocycles. The Balaban J connectivity index is 1.04. The van der Waals surface area contributed by atoms with Crippen molar-refractivity contribution in [3.63, 3.8) is 0 Å². The summed E-state index contributed by atoms with van der Waals surface area (Å²) in [5.41, 5.74) is 0.742. The monoisotopic (exact) mass is 645 g/mol. The molecule has 2 aromatic carbocycles. The molecule has 10 heteroatoms. The number of halogens is 1. The van der Waals surface area contributed by atoms with Gasteiger partial charge in [-0.2, -0.15) is 0 Å². The number of carbonyl (C=O) groups excluding carboxylic acids is 3. The van der Waals surface area contributed by atoms with Crippen LogP contribution in [0.4, 0.5) is 5.69 Å². The van der Waals surface area contributed by atoms with E-state index in [1.165, 1.54) is 12.0 Å². The van der Waals surface area contributed by atoms with Crippen molar-refractivity contribution in [1.82, 2.24) is 20.0 Å². The van der Waals surface area contributed by atoms with Crippen molar-refractivity contribution in [2.24, 2.45) is 11.8 Å². The van der Waals surface area contributed by atoms with Gasteiger partial charge >= 0.3 is 0 Å². The van der Waals surface area contributed by atoms with Crippen molar-refractivity contribution in [3.8, 4) is 0 Å². The normalized spacial score (nSPS) is 29.7. The SMILES string of the molecule is O=C(Nc1cccc(Cl)c1)[C@@H]1[C@H]2C=C[C@]3(O2)[C@H](C(=O)NC2CCCCC2)N(CCCN2CCN(Cc4ccccc4)CC2)C(=O)[C@@H]13. The summed E-state index contributed by atoms with van der Waals surface area (Å²) in [4.78, 5) is 48.8. The third kappa shape index (κ3) is 6.22. The molecule has 4 fully saturated rings. The van der Waals surface area contributed by atoms with E-state index in [9.17, 15) is 14.4 Å². The summed E-state index contributed by atoms with van der Waals surface area (Å²) in [6.07, 6.45) is 9.20. The number of likely N-dealkylation sites (tertiary alicyclic amines) is 1. The molecular formula is C36H44ClN5O4. The molecule has 2 N–H and O–H groups in total. The third-order valence-electron chi connectivity index (χ3n) is 10.6. The van der Waals surface area contributed by atoms with Gasteiger partial charge in [0.2, 0.25) is 17.7 Å². The van der Waals surface area contributed by atoms with Gasteiger partial charge in [-0.15, -0.1) is 0 Å². The van der Waals surface area contributed by atoms with Crippen molar-refractivity contribution in [1.29, 1.82) is 0 Å². The lowest BCUT2D eigenvalue weighted by Crippen LogP contribution is -2.56. The van der Waals surface area contributed by atoms with E-state index in [-0.39, 0.29) is 23.8 Å². The van der Waals surface area contributed by atoms with Crippen molar-refractivity contribution in [2.45, 2.75) is 68.9 Å². The van der Waals surface area contributed by atoms with Crippen LogP contribution in [0.2, 0.25) is 5.02 Å². The van der Waals surface area contributed by atoms with Crippen molar-refractivity contribution in [3.05, 3.63) is 77.3 Å². The molecule has 0 aromatic heterocycles. The Kier molecular flexibility index (Phi) is 9.19. The summed E-state index contributed by atoms with van der Waals surface area (Å²) in [6.45, 7) is 6.18. The zero-order valence-electron chi connectivity index (χ0n) is 26.3. The Morgan fingerprint density at radius 2 is 1.67 bits per heavy atom. The van der Waals surface area contributed by atoms with Crippen LogP contribution in [0.1, 0.15) is 44.1 Å². The van der Waals surface area contributed by atoms with Gasteiger partial charge in [-0.3, -0.25) is 19.3 Å². The first kappa shape index (κ1) is 31.4. The number of rotatable bonds is 10. The number of amides is 3. The van der Waals surface area contributed by atoms with Crippen LogP contribution in [0, 0.1) is 11.8 Å². The topological polar surface area (TPSA) is 94.2 Å². The minimum absolute atomic E-state index is 0.102. The highest BCUT2D eigenvalue weighted by Crippen LogP contribution is 2.55. The Labute approximate surface area is 276 Å². The average Bonchev–Trinajstić information content (AvgIpc) is 3.70. The van der Waals surface area contributed by atoms with Gasteiger partial charge in [-0.1, -0.05) is 79.4 Å². The molecule has 5 aliphatic rings. The van der Waals surface area contributed by atoms with E-state index >= 15 is 0 Å². The molecule has 3 amide bonds. The quantitative estimate of drug-likeness (QED) is 0.378. The predicted molar refractivity (Wildman–Crippen MR) is 177 cm³/mol. The van der Waals surface area contributed by atoms with Crippen LogP contribution in [0.3, 0.4) is 0 Å². The standard InChI is InChI=1S/C36H44ClN5O4/c37-26-11-7-14-28(23-26)39-33(43)30-29-15-16-36(46-29)31(30)35(45)42(32(36)34(44)38-27-12-5-2-6-13-27)18-8-17-40-19-21-41(22-20-40)24-25-9-3-1-4-10-25/h1,3-4,7,9-11,14-16,23,27,29-32H,2,5-6,8,12-13,17-22,24H2,(H,38,44)(H,39,43)/t29-,30-,31-,32+,36-/m1/s1. The van der Waals surface area contributed by atoms with E-state index in [4.69, 9.17) is 16.3 Å². The first-order chi connectivity index (χ1) is 22.4. The molecule has 2 aromatic rings. The number of nitrogens with zero attached hydrogens (tertiary/aromatic N) is 3. The lowest BCUT2D eigenvalue weighted by Gasteiger charge is -2.36. The van der Waals surface area contributed by atoms with Crippen molar-refractivity contribution >= 4 is 35.0 Å². The number of piperazine rings is 1. The summed E-state index contributed by atoms with van der Waals surface area (Å²) < 4.78 is 6.52. The summed E-state index contributed by atoms with van der Waals surface area (Å²) in [7, 11) is 0. The smallest absolute Gasteiger partial charge is 0.246 e. The fourth-order valence-corrected chi connectivity index (χ4v) is 8.49. The zero-order chi connectivity index (χ0) is 31.7. The number of ether oxygens (including phenoxy) is 1. The fraction of sp³-hybridized carbons (Fsp3) is 0.528. The molecule has 0 unspecified atom stereocenters. The largest absolute Gasteiger partial charge is 0.359 e. The molecule has 9 nitrogen and oxygen atoms in total. The molecule has 4 aliphatic heterocycles. The number of hydrogen-bond acceptors (Lipinski definition) is 6. The molecule has 2 bridgehead atoms. The number of nitrogens with one attached hydrogen (secondary N) is 2. The highest BCUT2D eigenvalue weighted by atomic mass is 35.5. The molecule has 5 atom stereocenters. The maximum atomic E-state index is 14.3. The van der Waals surface area contributed by atoms with E-state index in [2.05, 4.69) is 44.7 Å². The van der Waals surface area contributed by atoms with E-state index in [1.54, 1.807) is 29.2 Å². The third-order valence-corrected chi connectivity index (χ3v) is 10.8. The lowest BCUT2D eigenvalue weighted by molar-refractivity contribution is -0.141. The summed E-state index contributed by atoms with van der Waals surface area (Å²) in [6, 6.07) is 16.8. The van der Waals surface area contributed by atoms with Crippen LogP contribution in [0.25, 0.3) is 0 Å². The van der Waals surface area contributed by atoms with Crippen LogP contribution in [0.15, 0.2) is 66.7 Å². The van der Waals surface area contributed by atoms with Crippen LogP contribution in [-0.2, 0) is 25.7 Å². The molecule has 7 rings (SSSR count). The second-order valence-electron chi connectivity index (χ2n) is 13.5. The van der Waals surface area contributed by atoms with Gasteiger partial charge in [0.1, 0.15) is 11.6 Å². The van der Waals surface area contributed by atoms with Gasteiger partial charge in [-0.25, -0.2) is 0 Å². The maximum absolute atomic E-state index is 14.3.